The van der Waals surface area contributed by atoms with E-state index in [2.05, 4.69) is 36.6 Å². The molecule has 10 heteroatoms. The number of halogens is 3. The minimum atomic E-state index is -0.845. The highest BCUT2D eigenvalue weighted by Gasteiger charge is 2.35. The maximum Gasteiger partial charge on any atom is 0.355 e. The van der Waals surface area contributed by atoms with Crippen LogP contribution in [0.5, 0.6) is 0 Å². The van der Waals surface area contributed by atoms with Crippen LogP contribution in [0.25, 0.3) is 0 Å². The normalized spacial score (nSPS) is 14.2. The van der Waals surface area contributed by atoms with Gasteiger partial charge in [0.15, 0.2) is 5.82 Å². The van der Waals surface area contributed by atoms with Gasteiger partial charge in [0.2, 0.25) is 0 Å². The van der Waals surface area contributed by atoms with Crippen LogP contribution in [-0.4, -0.2) is 39.5 Å². The molecule has 0 bridgehead atoms. The monoisotopic (exact) mass is 476 g/mol. The lowest BCUT2D eigenvalue weighted by molar-refractivity contribution is -0.140. The lowest BCUT2D eigenvalue weighted by atomic mass is 10.1. The smallest absolute Gasteiger partial charge is 0.355 e. The van der Waals surface area contributed by atoms with Gasteiger partial charge in [0.25, 0.3) is 0 Å². The van der Waals surface area contributed by atoms with Crippen LogP contribution in [0.4, 0.5) is 10.1 Å². The van der Waals surface area contributed by atoms with E-state index in [1.807, 2.05) is 0 Å². The molecule has 0 spiro atoms. The molecule has 0 saturated carbocycles. The van der Waals surface area contributed by atoms with Gasteiger partial charge in [-0.05, 0) is 37.9 Å². The van der Waals surface area contributed by atoms with Gasteiger partial charge in [-0.1, -0.05) is 0 Å². The van der Waals surface area contributed by atoms with E-state index in [-0.39, 0.29) is 40.3 Å². The first kappa shape index (κ1) is 19.4. The number of nitriles is 1. The van der Waals surface area contributed by atoms with Gasteiger partial charge in [-0.15, -0.1) is 0 Å². The van der Waals surface area contributed by atoms with Gasteiger partial charge >= 0.3 is 11.9 Å². The number of hydrogen-bond donors (Lipinski definition) is 0. The van der Waals surface area contributed by atoms with Gasteiger partial charge in [-0.3, -0.25) is 0 Å². The lowest BCUT2D eigenvalue weighted by Gasteiger charge is -2.32. The van der Waals surface area contributed by atoms with E-state index in [9.17, 15) is 19.2 Å². The highest BCUT2D eigenvalue weighted by molar-refractivity contribution is 9.11. The summed E-state index contributed by atoms with van der Waals surface area (Å²) in [5.74, 6) is -2.45. The first-order chi connectivity index (χ1) is 11.9. The Labute approximate surface area is 159 Å². The minimum Gasteiger partial charge on any atom is -0.466 e. The fraction of sp³-hybridized carbons (Fsp3) is 0.267. The molecular weight excluding hydrogens is 467 g/mol. The van der Waals surface area contributed by atoms with Crippen molar-refractivity contribution in [1.82, 2.24) is 0 Å². The van der Waals surface area contributed by atoms with E-state index < -0.39 is 17.8 Å². The summed E-state index contributed by atoms with van der Waals surface area (Å²) in [6.07, 6.45) is 0. The van der Waals surface area contributed by atoms with Gasteiger partial charge in [-0.25, -0.2) is 14.0 Å². The predicted molar refractivity (Wildman–Crippen MR) is 90.9 cm³/mol. The summed E-state index contributed by atoms with van der Waals surface area (Å²) >= 11 is 6.26. The van der Waals surface area contributed by atoms with Crippen molar-refractivity contribution in [2.45, 2.75) is 0 Å². The molecule has 1 aliphatic rings. The number of methoxy groups -OCH3 is 2. The van der Waals surface area contributed by atoms with Crippen LogP contribution >= 0.6 is 31.9 Å². The van der Waals surface area contributed by atoms with E-state index >= 15 is 0 Å². The Kier molecular flexibility index (Phi) is 6.16. The number of esters is 2. The first-order valence-electron chi connectivity index (χ1n) is 6.70. The molecule has 1 aliphatic heterocycles. The van der Waals surface area contributed by atoms with Gasteiger partial charge in [-0.2, -0.15) is 5.26 Å². The number of carbonyl (C=O) groups excluding carboxylic acids is 2. The van der Waals surface area contributed by atoms with Crippen molar-refractivity contribution >= 4 is 49.5 Å². The van der Waals surface area contributed by atoms with Crippen molar-refractivity contribution in [2.24, 2.45) is 0 Å². The van der Waals surface area contributed by atoms with E-state index in [0.717, 1.165) is 14.2 Å². The Bertz CT molecular complexity index is 819. The number of carbonyl (C=O) groups is 2. The quantitative estimate of drug-likeness (QED) is 0.488. The summed E-state index contributed by atoms with van der Waals surface area (Å²) in [6.45, 7) is -0.384. The summed E-state index contributed by atoms with van der Waals surface area (Å²) in [6, 6.07) is 3.14. The fourth-order valence-corrected chi connectivity index (χ4v) is 3.65. The van der Waals surface area contributed by atoms with Crippen LogP contribution in [0.3, 0.4) is 0 Å². The molecule has 132 valence electrons. The fourth-order valence-electron chi connectivity index (χ4n) is 2.27. The van der Waals surface area contributed by atoms with Gasteiger partial charge in [0, 0.05) is 4.47 Å². The SMILES string of the molecule is COC(=O)C1=C(C(=O)OC)N(c2c(Br)cc(Br)c(F)c2C#N)COC1. The third-order valence-electron chi connectivity index (χ3n) is 3.36. The maximum atomic E-state index is 14.3. The molecule has 0 unspecified atom stereocenters. The Balaban J connectivity index is 2.77. The van der Waals surface area contributed by atoms with Crippen molar-refractivity contribution in [1.29, 1.82) is 5.26 Å². The number of ether oxygens (including phenoxy) is 3. The average Bonchev–Trinajstić information content (AvgIpc) is 2.62. The second kappa shape index (κ2) is 7.95. The van der Waals surface area contributed by atoms with Gasteiger partial charge < -0.3 is 19.1 Å². The first-order valence-corrected chi connectivity index (χ1v) is 8.28. The van der Waals surface area contributed by atoms with E-state index in [4.69, 9.17) is 9.47 Å². The molecule has 1 aromatic rings. The molecule has 1 heterocycles. The van der Waals surface area contributed by atoms with Crippen LogP contribution in [0.1, 0.15) is 5.56 Å². The van der Waals surface area contributed by atoms with Crippen molar-refractivity contribution in [3.63, 3.8) is 0 Å². The summed E-state index contributed by atoms with van der Waals surface area (Å²) in [5, 5.41) is 9.36. The maximum absolute atomic E-state index is 14.3. The zero-order valence-corrected chi connectivity index (χ0v) is 16.2. The predicted octanol–water partition coefficient (Wildman–Crippen LogP) is 2.62. The van der Waals surface area contributed by atoms with Crippen LogP contribution < -0.4 is 4.90 Å². The van der Waals surface area contributed by atoms with Crippen molar-refractivity contribution in [3.8, 4) is 6.07 Å². The molecule has 0 radical (unpaired) electrons. The number of nitrogens with zero attached hydrogens (tertiary/aromatic N) is 2. The Morgan fingerprint density at radius 1 is 1.28 bits per heavy atom. The Morgan fingerprint density at radius 2 is 1.92 bits per heavy atom. The summed E-state index contributed by atoms with van der Waals surface area (Å²) < 4.78 is 29.4. The third-order valence-corrected chi connectivity index (χ3v) is 4.54. The van der Waals surface area contributed by atoms with E-state index in [1.165, 1.54) is 11.0 Å². The van der Waals surface area contributed by atoms with Crippen molar-refractivity contribution in [3.05, 3.63) is 37.7 Å². The molecule has 0 amide bonds. The average molecular weight is 478 g/mol. The molecule has 0 aliphatic carbocycles. The topological polar surface area (TPSA) is 88.9 Å². The largest absolute Gasteiger partial charge is 0.466 e. The standard InChI is InChI=1S/C15H11Br2FN2O5/c1-23-14(21)8-5-25-6-20(13(8)15(22)24-2)12-7(4-19)11(18)9(16)3-10(12)17/h3H,5-6H2,1-2H3. The lowest BCUT2D eigenvalue weighted by Crippen LogP contribution is -2.39. The Morgan fingerprint density at radius 3 is 2.48 bits per heavy atom. The van der Waals surface area contributed by atoms with Crippen LogP contribution in [-0.2, 0) is 23.8 Å². The number of rotatable bonds is 3. The molecule has 0 saturated heterocycles. The molecule has 0 N–H and O–H groups in total. The molecule has 0 atom stereocenters. The number of hydrogen-bond acceptors (Lipinski definition) is 7. The van der Waals surface area contributed by atoms with Crippen molar-refractivity contribution in [2.75, 3.05) is 32.5 Å². The van der Waals surface area contributed by atoms with E-state index in [1.54, 1.807) is 6.07 Å². The molecule has 2 rings (SSSR count). The van der Waals surface area contributed by atoms with Gasteiger partial charge in [0.1, 0.15) is 24.1 Å². The van der Waals surface area contributed by atoms with E-state index in [0.29, 0.717) is 4.47 Å². The molecular formula is C15H11Br2FN2O5. The zero-order chi connectivity index (χ0) is 18.7. The highest BCUT2D eigenvalue weighted by Crippen LogP contribution is 2.39. The second-order valence-electron chi connectivity index (χ2n) is 4.71. The number of anilines is 1. The van der Waals surface area contributed by atoms with Crippen molar-refractivity contribution < 1.29 is 28.2 Å². The van der Waals surface area contributed by atoms with Crippen LogP contribution in [0.15, 0.2) is 26.3 Å². The molecule has 1 aromatic carbocycles. The van der Waals surface area contributed by atoms with Gasteiger partial charge in [0.05, 0.1) is 36.6 Å². The summed E-state index contributed by atoms with van der Waals surface area (Å²) in [4.78, 5) is 25.4. The molecule has 25 heavy (non-hydrogen) atoms. The van der Waals surface area contributed by atoms with Crippen LogP contribution in [0, 0.1) is 17.1 Å². The van der Waals surface area contributed by atoms with Crippen LogP contribution in [0.2, 0.25) is 0 Å². The third kappa shape index (κ3) is 3.53. The number of benzene rings is 1. The molecule has 0 aromatic heterocycles. The molecule has 7 nitrogen and oxygen atoms in total. The second-order valence-corrected chi connectivity index (χ2v) is 6.41. The zero-order valence-electron chi connectivity index (χ0n) is 13.1. The summed E-state index contributed by atoms with van der Waals surface area (Å²) in [5.41, 5.74) is -0.582. The minimum absolute atomic E-state index is 0.0321. The summed E-state index contributed by atoms with van der Waals surface area (Å²) in [7, 11) is 2.29. The molecule has 0 fully saturated rings. The highest BCUT2D eigenvalue weighted by atomic mass is 79.9. The Hall–Kier alpha value is -1.96.